The van der Waals surface area contributed by atoms with Gasteiger partial charge in [-0.15, -0.1) is 0 Å². The lowest BCUT2D eigenvalue weighted by Crippen LogP contribution is -2.32. The highest BCUT2D eigenvalue weighted by Crippen LogP contribution is 2.51. The fourth-order valence-electron chi connectivity index (χ4n) is 1.60. The van der Waals surface area contributed by atoms with E-state index in [1.54, 1.807) is 0 Å². The first-order valence-electron chi connectivity index (χ1n) is 4.88. The Labute approximate surface area is 79.8 Å². The van der Waals surface area contributed by atoms with Gasteiger partial charge < -0.3 is 10.1 Å². The number of rotatable bonds is 5. The summed E-state index contributed by atoms with van der Waals surface area (Å²) >= 11 is 0. The van der Waals surface area contributed by atoms with Crippen LogP contribution in [0.15, 0.2) is 0 Å². The standard InChI is InChI=1S/C10H19NO2/c1-8(2)10(4-5-10)7-11-6-9(12)13-3/h8,11H,4-7H2,1-3H3. The molecular weight excluding hydrogens is 166 g/mol. The van der Waals surface area contributed by atoms with Crippen molar-refractivity contribution in [3.63, 3.8) is 0 Å². The zero-order valence-corrected chi connectivity index (χ0v) is 8.72. The molecule has 0 aromatic heterocycles. The molecule has 1 N–H and O–H groups in total. The number of hydrogen-bond acceptors (Lipinski definition) is 3. The molecule has 0 atom stereocenters. The molecule has 0 saturated heterocycles. The summed E-state index contributed by atoms with van der Waals surface area (Å²) in [5.74, 6) is 0.525. The molecule has 0 spiro atoms. The second-order valence-corrected chi connectivity index (χ2v) is 4.20. The van der Waals surface area contributed by atoms with Crippen LogP contribution in [-0.4, -0.2) is 26.2 Å². The molecule has 13 heavy (non-hydrogen) atoms. The van der Waals surface area contributed by atoms with Gasteiger partial charge in [-0.2, -0.15) is 0 Å². The molecule has 0 amide bonds. The predicted octanol–water partition coefficient (Wildman–Crippen LogP) is 1.19. The smallest absolute Gasteiger partial charge is 0.319 e. The van der Waals surface area contributed by atoms with E-state index in [-0.39, 0.29) is 5.97 Å². The second kappa shape index (κ2) is 4.09. The minimum Gasteiger partial charge on any atom is -0.468 e. The predicted molar refractivity (Wildman–Crippen MR) is 51.4 cm³/mol. The van der Waals surface area contributed by atoms with Crippen molar-refractivity contribution in [2.24, 2.45) is 11.3 Å². The van der Waals surface area contributed by atoms with E-state index in [2.05, 4.69) is 23.9 Å². The summed E-state index contributed by atoms with van der Waals surface area (Å²) < 4.78 is 4.54. The summed E-state index contributed by atoms with van der Waals surface area (Å²) in [7, 11) is 1.42. The summed E-state index contributed by atoms with van der Waals surface area (Å²) in [5, 5.41) is 3.15. The van der Waals surface area contributed by atoms with E-state index in [1.807, 2.05) is 0 Å². The zero-order chi connectivity index (χ0) is 9.90. The summed E-state index contributed by atoms with van der Waals surface area (Å²) in [5.41, 5.74) is 0.466. The van der Waals surface area contributed by atoms with Crippen LogP contribution in [0.25, 0.3) is 0 Å². The van der Waals surface area contributed by atoms with E-state index >= 15 is 0 Å². The van der Waals surface area contributed by atoms with Gasteiger partial charge in [-0.3, -0.25) is 4.79 Å². The van der Waals surface area contributed by atoms with E-state index in [0.717, 1.165) is 6.54 Å². The molecular formula is C10H19NO2. The van der Waals surface area contributed by atoms with Crippen molar-refractivity contribution in [2.45, 2.75) is 26.7 Å². The van der Waals surface area contributed by atoms with E-state index in [4.69, 9.17) is 0 Å². The Kier molecular flexibility index (Phi) is 3.31. The average molecular weight is 185 g/mol. The first kappa shape index (κ1) is 10.5. The topological polar surface area (TPSA) is 38.3 Å². The maximum Gasteiger partial charge on any atom is 0.319 e. The van der Waals surface area contributed by atoms with Crippen LogP contribution in [0, 0.1) is 11.3 Å². The van der Waals surface area contributed by atoms with Crippen molar-refractivity contribution in [1.29, 1.82) is 0 Å². The summed E-state index contributed by atoms with van der Waals surface area (Å²) in [4.78, 5) is 10.8. The number of esters is 1. The van der Waals surface area contributed by atoms with Crippen LogP contribution in [-0.2, 0) is 9.53 Å². The second-order valence-electron chi connectivity index (χ2n) is 4.20. The minimum absolute atomic E-state index is 0.181. The third-order valence-electron chi connectivity index (χ3n) is 3.09. The first-order valence-corrected chi connectivity index (χ1v) is 4.88. The maximum absolute atomic E-state index is 10.8. The molecule has 1 fully saturated rings. The monoisotopic (exact) mass is 185 g/mol. The molecule has 1 aliphatic carbocycles. The average Bonchev–Trinajstić information content (AvgIpc) is 2.85. The third kappa shape index (κ3) is 2.69. The van der Waals surface area contributed by atoms with Crippen LogP contribution >= 0.6 is 0 Å². The molecule has 0 aromatic carbocycles. The maximum atomic E-state index is 10.8. The third-order valence-corrected chi connectivity index (χ3v) is 3.09. The summed E-state index contributed by atoms with van der Waals surface area (Å²) in [6.45, 7) is 5.77. The van der Waals surface area contributed by atoms with Gasteiger partial charge in [0.15, 0.2) is 0 Å². The van der Waals surface area contributed by atoms with Crippen molar-refractivity contribution >= 4 is 5.97 Å². The number of methoxy groups -OCH3 is 1. The van der Waals surface area contributed by atoms with E-state index in [9.17, 15) is 4.79 Å². The highest BCUT2D eigenvalue weighted by Gasteiger charge is 2.44. The SMILES string of the molecule is COC(=O)CNCC1(C(C)C)CC1. The number of hydrogen-bond donors (Lipinski definition) is 1. The largest absolute Gasteiger partial charge is 0.468 e. The Morgan fingerprint density at radius 3 is 2.54 bits per heavy atom. The van der Waals surface area contributed by atoms with Crippen LogP contribution in [0.3, 0.4) is 0 Å². The highest BCUT2D eigenvalue weighted by atomic mass is 16.5. The molecule has 1 rings (SSSR count). The number of ether oxygens (including phenoxy) is 1. The van der Waals surface area contributed by atoms with Gasteiger partial charge in [0.25, 0.3) is 0 Å². The lowest BCUT2D eigenvalue weighted by molar-refractivity contribution is -0.139. The normalized spacial score (nSPS) is 18.8. The van der Waals surface area contributed by atoms with Gasteiger partial charge in [0.1, 0.15) is 0 Å². The van der Waals surface area contributed by atoms with Crippen LogP contribution in [0.4, 0.5) is 0 Å². The van der Waals surface area contributed by atoms with Crippen LogP contribution in [0.2, 0.25) is 0 Å². The minimum atomic E-state index is -0.181. The van der Waals surface area contributed by atoms with Gasteiger partial charge in [-0.1, -0.05) is 13.8 Å². The van der Waals surface area contributed by atoms with Gasteiger partial charge in [0.2, 0.25) is 0 Å². The molecule has 0 aromatic rings. The Balaban J connectivity index is 2.16. The van der Waals surface area contributed by atoms with Crippen molar-refractivity contribution in [3.05, 3.63) is 0 Å². The number of carbonyl (C=O) groups is 1. The van der Waals surface area contributed by atoms with Crippen molar-refractivity contribution in [2.75, 3.05) is 20.2 Å². The fraction of sp³-hybridized carbons (Fsp3) is 0.900. The first-order chi connectivity index (χ1) is 6.10. The van der Waals surface area contributed by atoms with Crippen LogP contribution in [0.5, 0.6) is 0 Å². The zero-order valence-electron chi connectivity index (χ0n) is 8.72. The quantitative estimate of drug-likeness (QED) is 0.654. The Bertz CT molecular complexity index is 185. The molecule has 3 heteroatoms. The van der Waals surface area contributed by atoms with Gasteiger partial charge in [0, 0.05) is 6.54 Å². The highest BCUT2D eigenvalue weighted by molar-refractivity contribution is 5.71. The lowest BCUT2D eigenvalue weighted by Gasteiger charge is -2.19. The van der Waals surface area contributed by atoms with Crippen LogP contribution in [0.1, 0.15) is 26.7 Å². The Morgan fingerprint density at radius 2 is 2.15 bits per heavy atom. The van der Waals surface area contributed by atoms with Crippen LogP contribution < -0.4 is 5.32 Å². The van der Waals surface area contributed by atoms with Gasteiger partial charge in [-0.05, 0) is 24.2 Å². The molecule has 0 unspecified atom stereocenters. The van der Waals surface area contributed by atoms with Gasteiger partial charge >= 0.3 is 5.97 Å². The van der Waals surface area contributed by atoms with Crippen molar-refractivity contribution in [1.82, 2.24) is 5.32 Å². The fourth-order valence-corrected chi connectivity index (χ4v) is 1.60. The molecule has 1 saturated carbocycles. The number of nitrogens with one attached hydrogen (secondary N) is 1. The molecule has 3 nitrogen and oxygen atoms in total. The molecule has 0 heterocycles. The molecule has 0 bridgehead atoms. The van der Waals surface area contributed by atoms with Crippen molar-refractivity contribution in [3.8, 4) is 0 Å². The molecule has 76 valence electrons. The van der Waals surface area contributed by atoms with E-state index in [0.29, 0.717) is 17.9 Å². The summed E-state index contributed by atoms with van der Waals surface area (Å²) in [6.07, 6.45) is 2.58. The molecule has 1 aliphatic rings. The Morgan fingerprint density at radius 1 is 1.54 bits per heavy atom. The molecule has 0 radical (unpaired) electrons. The van der Waals surface area contributed by atoms with E-state index in [1.165, 1.54) is 20.0 Å². The summed E-state index contributed by atoms with van der Waals surface area (Å²) in [6, 6.07) is 0. The lowest BCUT2D eigenvalue weighted by atomic mass is 9.92. The number of carbonyl (C=O) groups excluding carboxylic acids is 1. The Hall–Kier alpha value is -0.570. The van der Waals surface area contributed by atoms with Gasteiger partial charge in [-0.25, -0.2) is 0 Å². The van der Waals surface area contributed by atoms with Crippen molar-refractivity contribution < 1.29 is 9.53 Å². The van der Waals surface area contributed by atoms with E-state index < -0.39 is 0 Å². The molecule has 0 aliphatic heterocycles. The van der Waals surface area contributed by atoms with Gasteiger partial charge in [0.05, 0.1) is 13.7 Å².